The van der Waals surface area contributed by atoms with E-state index in [1.165, 1.54) is 47.1 Å². The van der Waals surface area contributed by atoms with Crippen LogP contribution in [0.4, 0.5) is 0 Å². The Morgan fingerprint density at radius 2 is 1.22 bits per heavy atom. The van der Waals surface area contributed by atoms with Gasteiger partial charge in [0.2, 0.25) is 0 Å². The molecule has 1 fully saturated rings. The average Bonchev–Trinajstić information content (AvgIpc) is 3.02. The molecular weight excluding hydrogens is 568 g/mol. The Morgan fingerprint density at radius 3 is 1.72 bits per heavy atom. The first kappa shape index (κ1) is 35.5. The highest BCUT2D eigenvalue weighted by Crippen LogP contribution is 2.48. The van der Waals surface area contributed by atoms with Crippen LogP contribution in [0, 0.1) is 27.7 Å². The monoisotopic (exact) mass is 624 g/mol. The van der Waals surface area contributed by atoms with Crippen molar-refractivity contribution in [2.24, 2.45) is 0 Å². The van der Waals surface area contributed by atoms with Gasteiger partial charge in [-0.25, -0.2) is 9.59 Å². The lowest BCUT2D eigenvalue weighted by atomic mass is 9.63. The summed E-state index contributed by atoms with van der Waals surface area (Å²) in [5.41, 5.74) is 9.10. The van der Waals surface area contributed by atoms with Crippen LogP contribution in [0.15, 0.2) is 48.5 Å². The minimum atomic E-state index is -0.570. The van der Waals surface area contributed by atoms with Gasteiger partial charge in [0, 0.05) is 5.41 Å². The van der Waals surface area contributed by atoms with Crippen LogP contribution in [0.2, 0.25) is 0 Å². The molecule has 0 radical (unpaired) electrons. The van der Waals surface area contributed by atoms with E-state index in [1.54, 1.807) is 24.3 Å². The van der Waals surface area contributed by atoms with E-state index in [0.29, 0.717) is 16.9 Å². The van der Waals surface area contributed by atoms with E-state index < -0.39 is 17.5 Å². The second-order valence-electron chi connectivity index (χ2n) is 14.7. The zero-order valence-corrected chi connectivity index (χ0v) is 30.1. The first-order valence-electron chi connectivity index (χ1n) is 17.5. The van der Waals surface area contributed by atoms with Crippen LogP contribution >= 0.6 is 0 Å². The first-order chi connectivity index (χ1) is 21.7. The summed E-state index contributed by atoms with van der Waals surface area (Å²) in [7, 11) is 0. The standard InChI is InChI=1S/C42H56O4/c1-11-20-40(8,9)46-39(44)33-19-17-18-32(27-33)38(43)45-37-30(6)25-35(26-31(37)7)42(21-15-14-16-22-42)34-23-28(4)36(29(5)24-34)41(10,12-2)13-3/h17-19,23-27H,11-16,20-22H2,1-10H3. The third-order valence-corrected chi connectivity index (χ3v) is 10.7. The third kappa shape index (κ3) is 7.27. The molecule has 0 spiro atoms. The smallest absolute Gasteiger partial charge is 0.343 e. The summed E-state index contributed by atoms with van der Waals surface area (Å²) in [6.07, 6.45) is 9.80. The lowest BCUT2D eigenvalue weighted by Gasteiger charge is -2.41. The number of rotatable bonds is 11. The fraction of sp³-hybridized carbons (Fsp3) is 0.524. The summed E-state index contributed by atoms with van der Waals surface area (Å²) >= 11 is 0. The van der Waals surface area contributed by atoms with E-state index in [1.807, 2.05) is 27.7 Å². The molecule has 1 saturated carbocycles. The van der Waals surface area contributed by atoms with Crippen molar-refractivity contribution in [2.45, 2.75) is 143 Å². The molecule has 0 amide bonds. The molecule has 1 aliphatic rings. The summed E-state index contributed by atoms with van der Waals surface area (Å²) < 4.78 is 11.8. The Labute approximate surface area is 278 Å². The number of hydrogen-bond donors (Lipinski definition) is 0. The van der Waals surface area contributed by atoms with E-state index in [2.05, 4.69) is 65.8 Å². The van der Waals surface area contributed by atoms with Gasteiger partial charge >= 0.3 is 11.9 Å². The number of ether oxygens (including phenoxy) is 2. The topological polar surface area (TPSA) is 52.6 Å². The molecule has 0 heterocycles. The molecular formula is C42H56O4. The molecule has 0 bridgehead atoms. The van der Waals surface area contributed by atoms with Gasteiger partial charge in [-0.15, -0.1) is 0 Å². The van der Waals surface area contributed by atoms with Gasteiger partial charge in [-0.1, -0.05) is 83.7 Å². The number of carbonyl (C=O) groups is 2. The molecule has 0 unspecified atom stereocenters. The minimum Gasteiger partial charge on any atom is -0.456 e. The van der Waals surface area contributed by atoms with Crippen LogP contribution in [0.5, 0.6) is 5.75 Å². The van der Waals surface area contributed by atoms with E-state index in [9.17, 15) is 9.59 Å². The molecule has 0 aliphatic heterocycles. The van der Waals surface area contributed by atoms with Crippen molar-refractivity contribution in [3.05, 3.63) is 98.6 Å². The Hall–Kier alpha value is -3.40. The molecule has 0 saturated heterocycles. The van der Waals surface area contributed by atoms with Crippen molar-refractivity contribution in [3.8, 4) is 5.75 Å². The van der Waals surface area contributed by atoms with Gasteiger partial charge in [0.05, 0.1) is 11.1 Å². The Morgan fingerprint density at radius 1 is 0.717 bits per heavy atom. The summed E-state index contributed by atoms with van der Waals surface area (Å²) in [5.74, 6) is -0.332. The summed E-state index contributed by atoms with van der Waals surface area (Å²) in [5, 5.41) is 0. The molecule has 4 rings (SSSR count). The normalized spacial score (nSPS) is 15.0. The second kappa shape index (κ2) is 14.2. The maximum Gasteiger partial charge on any atom is 0.343 e. The first-order valence-corrected chi connectivity index (χ1v) is 17.5. The van der Waals surface area contributed by atoms with Crippen LogP contribution in [0.25, 0.3) is 0 Å². The molecule has 4 heteroatoms. The van der Waals surface area contributed by atoms with E-state index in [0.717, 1.165) is 49.7 Å². The number of aryl methyl sites for hydroxylation is 4. The molecule has 4 nitrogen and oxygen atoms in total. The van der Waals surface area contributed by atoms with Gasteiger partial charge in [-0.2, -0.15) is 0 Å². The summed E-state index contributed by atoms with van der Waals surface area (Å²) in [6, 6.07) is 16.1. The van der Waals surface area contributed by atoms with Crippen LogP contribution in [-0.2, 0) is 15.6 Å². The molecule has 46 heavy (non-hydrogen) atoms. The van der Waals surface area contributed by atoms with Crippen LogP contribution < -0.4 is 4.74 Å². The lowest BCUT2D eigenvalue weighted by molar-refractivity contribution is -0.00473. The van der Waals surface area contributed by atoms with Gasteiger partial charge in [-0.3, -0.25) is 0 Å². The molecule has 0 atom stereocenters. The van der Waals surface area contributed by atoms with Crippen LogP contribution in [-0.4, -0.2) is 17.5 Å². The van der Waals surface area contributed by atoms with Gasteiger partial charge < -0.3 is 9.47 Å². The highest BCUT2D eigenvalue weighted by molar-refractivity contribution is 5.96. The Bertz CT molecular complexity index is 1520. The SMILES string of the molecule is CCCC(C)(C)OC(=O)c1cccc(C(=O)Oc2c(C)cc(C3(c4cc(C)c(C(C)(CC)CC)c(C)c4)CCCCC3)cc2C)c1. The molecule has 1 aliphatic carbocycles. The van der Waals surface area contributed by atoms with E-state index in [4.69, 9.17) is 9.47 Å². The zero-order chi connectivity index (χ0) is 33.9. The van der Waals surface area contributed by atoms with Crippen molar-refractivity contribution in [3.63, 3.8) is 0 Å². The quantitative estimate of drug-likeness (QED) is 0.157. The van der Waals surface area contributed by atoms with Gasteiger partial charge in [0.1, 0.15) is 11.4 Å². The molecule has 248 valence electrons. The van der Waals surface area contributed by atoms with Crippen molar-refractivity contribution in [1.82, 2.24) is 0 Å². The number of carbonyl (C=O) groups excluding carboxylic acids is 2. The average molecular weight is 625 g/mol. The predicted octanol–water partition coefficient (Wildman–Crippen LogP) is 11.2. The number of benzene rings is 3. The summed E-state index contributed by atoms with van der Waals surface area (Å²) in [6.45, 7) is 21.6. The Balaban J connectivity index is 1.66. The molecule has 0 aromatic heterocycles. The van der Waals surface area contributed by atoms with Crippen LogP contribution in [0.3, 0.4) is 0 Å². The lowest BCUT2D eigenvalue weighted by Crippen LogP contribution is -2.32. The highest BCUT2D eigenvalue weighted by atomic mass is 16.6. The predicted molar refractivity (Wildman–Crippen MR) is 189 cm³/mol. The number of esters is 2. The van der Waals surface area contributed by atoms with Gasteiger partial charge in [0.25, 0.3) is 0 Å². The van der Waals surface area contributed by atoms with Crippen molar-refractivity contribution >= 4 is 11.9 Å². The molecule has 3 aromatic rings. The van der Waals surface area contributed by atoms with Crippen molar-refractivity contribution in [2.75, 3.05) is 0 Å². The Kier molecular flexibility index (Phi) is 10.9. The fourth-order valence-corrected chi connectivity index (χ4v) is 7.97. The van der Waals surface area contributed by atoms with Crippen LogP contribution in [0.1, 0.15) is 159 Å². The third-order valence-electron chi connectivity index (χ3n) is 10.7. The summed E-state index contributed by atoms with van der Waals surface area (Å²) in [4.78, 5) is 26.3. The number of hydrogen-bond acceptors (Lipinski definition) is 4. The van der Waals surface area contributed by atoms with E-state index in [-0.39, 0.29) is 10.8 Å². The van der Waals surface area contributed by atoms with Crippen molar-refractivity contribution < 1.29 is 19.1 Å². The molecule has 3 aromatic carbocycles. The van der Waals surface area contributed by atoms with E-state index >= 15 is 0 Å². The fourth-order valence-electron chi connectivity index (χ4n) is 7.97. The largest absolute Gasteiger partial charge is 0.456 e. The van der Waals surface area contributed by atoms with Gasteiger partial charge in [-0.05, 0) is 136 Å². The maximum absolute atomic E-state index is 13.4. The second-order valence-corrected chi connectivity index (χ2v) is 14.7. The maximum atomic E-state index is 13.4. The zero-order valence-electron chi connectivity index (χ0n) is 30.1. The van der Waals surface area contributed by atoms with Crippen molar-refractivity contribution in [1.29, 1.82) is 0 Å². The minimum absolute atomic E-state index is 0.0700. The molecule has 0 N–H and O–H groups in total. The highest BCUT2D eigenvalue weighted by Gasteiger charge is 2.38. The van der Waals surface area contributed by atoms with Gasteiger partial charge in [0.15, 0.2) is 0 Å².